The molecule has 0 spiro atoms. The van der Waals surface area contributed by atoms with E-state index >= 15 is 0 Å². The number of hydrogen-bond donors (Lipinski definition) is 1. The Hall–Kier alpha value is -1.09. The Morgan fingerprint density at radius 3 is 2.89 bits per heavy atom. The number of halogens is 1. The van der Waals surface area contributed by atoms with Crippen LogP contribution in [-0.2, 0) is 0 Å². The first-order chi connectivity index (χ1) is 8.60. The van der Waals surface area contributed by atoms with Crippen LogP contribution in [0.1, 0.15) is 48.7 Å². The lowest BCUT2D eigenvalue weighted by molar-refractivity contribution is 0.0932. The lowest BCUT2D eigenvalue weighted by atomic mass is 10.1. The molecule has 2 rings (SSSR count). The zero-order chi connectivity index (χ0) is 13.1. The summed E-state index contributed by atoms with van der Waals surface area (Å²) in [4.78, 5) is 16.2. The molecule has 1 unspecified atom stereocenters. The fraction of sp³-hybridized carbons (Fsp3) is 0.571. The molecule has 1 aromatic heterocycles. The molecule has 1 heterocycles. The molecule has 0 aromatic carbocycles. The molecule has 1 atom stereocenters. The third kappa shape index (κ3) is 3.45. The molecular formula is C14H19ClN2O. The van der Waals surface area contributed by atoms with Crippen molar-refractivity contribution in [1.82, 2.24) is 10.3 Å². The van der Waals surface area contributed by atoms with Crippen molar-refractivity contribution in [3.8, 4) is 0 Å². The zero-order valence-electron chi connectivity index (χ0n) is 10.9. The number of carbonyl (C=O) groups is 1. The highest BCUT2D eigenvalue weighted by atomic mass is 35.5. The van der Waals surface area contributed by atoms with Crippen molar-refractivity contribution >= 4 is 17.5 Å². The molecule has 0 radical (unpaired) electrons. The third-order valence-corrected chi connectivity index (χ3v) is 3.69. The first kappa shape index (κ1) is 13.3. The van der Waals surface area contributed by atoms with Gasteiger partial charge >= 0.3 is 0 Å². The van der Waals surface area contributed by atoms with Gasteiger partial charge in [0.05, 0.1) is 10.6 Å². The zero-order valence-corrected chi connectivity index (χ0v) is 11.6. The van der Waals surface area contributed by atoms with Crippen molar-refractivity contribution < 1.29 is 4.79 Å². The number of aryl methyl sites for hydroxylation is 1. The van der Waals surface area contributed by atoms with Gasteiger partial charge in [0.2, 0.25) is 0 Å². The number of carbonyl (C=O) groups excluding carboxylic acids is 1. The van der Waals surface area contributed by atoms with Gasteiger partial charge in [-0.3, -0.25) is 9.78 Å². The number of rotatable bonds is 5. The van der Waals surface area contributed by atoms with Crippen LogP contribution in [0.4, 0.5) is 0 Å². The van der Waals surface area contributed by atoms with Crippen LogP contribution in [0.15, 0.2) is 12.3 Å². The smallest absolute Gasteiger partial charge is 0.254 e. The van der Waals surface area contributed by atoms with Crippen molar-refractivity contribution in [2.45, 2.75) is 45.6 Å². The van der Waals surface area contributed by atoms with Crippen LogP contribution in [0.5, 0.6) is 0 Å². The monoisotopic (exact) mass is 266 g/mol. The highest BCUT2D eigenvalue weighted by Crippen LogP contribution is 2.34. The Morgan fingerprint density at radius 1 is 1.61 bits per heavy atom. The van der Waals surface area contributed by atoms with Crippen LogP contribution in [0, 0.1) is 12.8 Å². The van der Waals surface area contributed by atoms with E-state index in [0.717, 1.165) is 24.5 Å². The van der Waals surface area contributed by atoms with Crippen LogP contribution in [0.3, 0.4) is 0 Å². The van der Waals surface area contributed by atoms with Gasteiger partial charge in [0.25, 0.3) is 5.91 Å². The molecule has 18 heavy (non-hydrogen) atoms. The summed E-state index contributed by atoms with van der Waals surface area (Å²) in [6.45, 7) is 3.96. The van der Waals surface area contributed by atoms with Crippen molar-refractivity contribution in [3.63, 3.8) is 0 Å². The van der Waals surface area contributed by atoms with Gasteiger partial charge in [0.15, 0.2) is 0 Å². The van der Waals surface area contributed by atoms with E-state index in [4.69, 9.17) is 11.6 Å². The van der Waals surface area contributed by atoms with E-state index in [9.17, 15) is 4.79 Å². The summed E-state index contributed by atoms with van der Waals surface area (Å²) >= 11 is 6.07. The summed E-state index contributed by atoms with van der Waals surface area (Å²) in [5.74, 6) is 0.696. The second kappa shape index (κ2) is 5.70. The van der Waals surface area contributed by atoms with Gasteiger partial charge in [-0.15, -0.1) is 0 Å². The van der Waals surface area contributed by atoms with Gasteiger partial charge in [0.1, 0.15) is 0 Å². The Bertz CT molecular complexity index is 443. The molecule has 1 aliphatic carbocycles. The minimum Gasteiger partial charge on any atom is -0.349 e. The quantitative estimate of drug-likeness (QED) is 0.888. The highest BCUT2D eigenvalue weighted by molar-refractivity contribution is 6.33. The largest absolute Gasteiger partial charge is 0.349 e. The minimum atomic E-state index is -0.111. The van der Waals surface area contributed by atoms with E-state index in [0.29, 0.717) is 10.6 Å². The first-order valence-corrected chi connectivity index (χ1v) is 6.91. The Balaban J connectivity index is 2.00. The maximum absolute atomic E-state index is 12.1. The fourth-order valence-electron chi connectivity index (χ4n) is 2.04. The standard InChI is InChI=1S/C14H19ClN2O/c1-3-11(7-10-4-5-10)17-14(18)12-8-16-9(2)6-13(12)15/h6,8,10-11H,3-5,7H2,1-2H3,(H,17,18). The van der Waals surface area contributed by atoms with E-state index in [2.05, 4.69) is 17.2 Å². The lowest BCUT2D eigenvalue weighted by Gasteiger charge is -2.17. The molecule has 0 bridgehead atoms. The normalized spacial score (nSPS) is 16.4. The van der Waals surface area contributed by atoms with Crippen molar-refractivity contribution in [1.29, 1.82) is 0 Å². The Labute approximate surface area is 113 Å². The third-order valence-electron chi connectivity index (χ3n) is 3.38. The number of nitrogens with one attached hydrogen (secondary N) is 1. The molecule has 1 amide bonds. The van der Waals surface area contributed by atoms with Gasteiger partial charge < -0.3 is 5.32 Å². The summed E-state index contributed by atoms with van der Waals surface area (Å²) in [5, 5.41) is 3.52. The van der Waals surface area contributed by atoms with E-state index in [1.54, 1.807) is 12.3 Å². The van der Waals surface area contributed by atoms with Crippen LogP contribution >= 0.6 is 11.6 Å². The number of aromatic nitrogens is 1. The number of amides is 1. The van der Waals surface area contributed by atoms with Crippen molar-refractivity contribution in [3.05, 3.63) is 28.5 Å². The van der Waals surface area contributed by atoms with Gasteiger partial charge in [-0.2, -0.15) is 0 Å². The molecular weight excluding hydrogens is 248 g/mol. The Kier molecular flexibility index (Phi) is 4.23. The van der Waals surface area contributed by atoms with E-state index in [1.165, 1.54) is 12.8 Å². The van der Waals surface area contributed by atoms with Crippen molar-refractivity contribution in [2.75, 3.05) is 0 Å². The maximum Gasteiger partial charge on any atom is 0.254 e. The molecule has 0 saturated heterocycles. The van der Waals surface area contributed by atoms with Gasteiger partial charge in [-0.1, -0.05) is 31.4 Å². The fourth-order valence-corrected chi connectivity index (χ4v) is 2.33. The summed E-state index contributed by atoms with van der Waals surface area (Å²) in [5.41, 5.74) is 1.29. The highest BCUT2D eigenvalue weighted by Gasteiger charge is 2.26. The predicted octanol–water partition coefficient (Wildman–Crippen LogP) is 3.35. The van der Waals surface area contributed by atoms with Crippen LogP contribution in [-0.4, -0.2) is 16.9 Å². The average molecular weight is 267 g/mol. The molecule has 0 aliphatic heterocycles. The van der Waals surface area contributed by atoms with E-state index < -0.39 is 0 Å². The Morgan fingerprint density at radius 2 is 2.33 bits per heavy atom. The first-order valence-electron chi connectivity index (χ1n) is 6.53. The molecule has 3 nitrogen and oxygen atoms in total. The van der Waals surface area contributed by atoms with Crippen LogP contribution < -0.4 is 5.32 Å². The number of pyridine rings is 1. The molecule has 1 fully saturated rings. The molecule has 1 aliphatic rings. The van der Waals surface area contributed by atoms with E-state index in [-0.39, 0.29) is 11.9 Å². The second-order valence-electron chi connectivity index (χ2n) is 5.06. The minimum absolute atomic E-state index is 0.111. The topological polar surface area (TPSA) is 42.0 Å². The van der Waals surface area contributed by atoms with Crippen molar-refractivity contribution in [2.24, 2.45) is 5.92 Å². The van der Waals surface area contributed by atoms with Crippen LogP contribution in [0.25, 0.3) is 0 Å². The van der Waals surface area contributed by atoms with Gasteiger partial charge in [-0.05, 0) is 31.7 Å². The molecule has 98 valence electrons. The predicted molar refractivity (Wildman–Crippen MR) is 72.9 cm³/mol. The maximum atomic E-state index is 12.1. The number of nitrogens with zero attached hydrogens (tertiary/aromatic N) is 1. The molecule has 1 N–H and O–H groups in total. The number of hydrogen-bond acceptors (Lipinski definition) is 2. The lowest BCUT2D eigenvalue weighted by Crippen LogP contribution is -2.35. The van der Waals surface area contributed by atoms with Crippen LogP contribution in [0.2, 0.25) is 5.02 Å². The molecule has 1 saturated carbocycles. The summed E-state index contributed by atoms with van der Waals surface area (Å²) in [7, 11) is 0. The van der Waals surface area contributed by atoms with Gasteiger partial charge in [0, 0.05) is 17.9 Å². The van der Waals surface area contributed by atoms with E-state index in [1.807, 2.05) is 6.92 Å². The second-order valence-corrected chi connectivity index (χ2v) is 5.47. The summed E-state index contributed by atoms with van der Waals surface area (Å²) in [6.07, 6.45) is 6.20. The summed E-state index contributed by atoms with van der Waals surface area (Å²) < 4.78 is 0. The molecule has 4 heteroatoms. The average Bonchev–Trinajstić information content (AvgIpc) is 3.11. The summed E-state index contributed by atoms with van der Waals surface area (Å²) in [6, 6.07) is 1.97. The van der Waals surface area contributed by atoms with Gasteiger partial charge in [-0.25, -0.2) is 0 Å². The molecule has 1 aromatic rings. The SMILES string of the molecule is CCC(CC1CC1)NC(=O)c1cnc(C)cc1Cl.